The number of hydrogen-bond donors (Lipinski definition) is 1. The van der Waals surface area contributed by atoms with Crippen LogP contribution in [0, 0.1) is 5.82 Å². The van der Waals surface area contributed by atoms with Crippen LogP contribution in [-0.2, 0) is 6.54 Å². The lowest BCUT2D eigenvalue weighted by atomic mass is 9.97. The first-order valence-electron chi connectivity index (χ1n) is 7.00. The van der Waals surface area contributed by atoms with E-state index in [-0.39, 0.29) is 5.56 Å². The lowest BCUT2D eigenvalue weighted by molar-refractivity contribution is -0.386. The van der Waals surface area contributed by atoms with E-state index < -0.39 is 28.0 Å². The topological polar surface area (TPSA) is 27.6 Å². The maximum absolute atomic E-state index is 13.4. The predicted molar refractivity (Wildman–Crippen MR) is 87.3 cm³/mol. The van der Waals surface area contributed by atoms with Crippen LogP contribution in [0.5, 0.6) is 0 Å². The van der Waals surface area contributed by atoms with Crippen molar-refractivity contribution >= 4 is 29.3 Å². The number of halogens is 6. The van der Waals surface area contributed by atoms with Crippen LogP contribution in [0.1, 0.15) is 22.6 Å². The van der Waals surface area contributed by atoms with E-state index in [0.29, 0.717) is 12.1 Å². The minimum absolute atomic E-state index is 0.218. The first-order valence-corrected chi connectivity index (χ1v) is 7.75. The highest BCUT2D eigenvalue weighted by Gasteiger charge is 2.39. The van der Waals surface area contributed by atoms with E-state index in [1.54, 1.807) is 24.3 Å². The summed E-state index contributed by atoms with van der Waals surface area (Å²) in [7, 11) is 0. The van der Waals surface area contributed by atoms with Crippen molar-refractivity contribution in [3.63, 3.8) is 0 Å². The van der Waals surface area contributed by atoms with Crippen molar-refractivity contribution in [3.8, 4) is 0 Å². The highest BCUT2D eigenvalue weighted by atomic mass is 35.5. The third-order valence-electron chi connectivity index (χ3n) is 3.47. The number of quaternary nitrogens is 1. The Balaban J connectivity index is 2.37. The van der Waals surface area contributed by atoms with Crippen LogP contribution >= 0.6 is 23.2 Å². The summed E-state index contributed by atoms with van der Waals surface area (Å²) in [5.41, 5.74) is 5.11. The van der Waals surface area contributed by atoms with Gasteiger partial charge in [-0.25, -0.2) is 4.39 Å². The monoisotopic (exact) mass is 378 g/mol. The van der Waals surface area contributed by atoms with Gasteiger partial charge in [-0.1, -0.05) is 59.6 Å². The molecule has 7 heteroatoms. The van der Waals surface area contributed by atoms with E-state index in [0.717, 1.165) is 23.8 Å². The average Bonchev–Trinajstić information content (AvgIpc) is 2.52. The summed E-state index contributed by atoms with van der Waals surface area (Å²) >= 11 is 11.2. The van der Waals surface area contributed by atoms with Crippen LogP contribution in [-0.4, -0.2) is 6.18 Å². The molecule has 2 aromatic carbocycles. The second-order valence-corrected chi connectivity index (χ2v) is 5.98. The Hall–Kier alpha value is -1.56. The highest BCUT2D eigenvalue weighted by molar-refractivity contribution is 6.35. The number of allylic oxidation sites excluding steroid dienone is 1. The molecule has 0 aliphatic heterocycles. The molecule has 1 atom stereocenters. The lowest BCUT2D eigenvalue weighted by Gasteiger charge is -2.18. The molecule has 128 valence electrons. The fourth-order valence-corrected chi connectivity index (χ4v) is 2.67. The van der Waals surface area contributed by atoms with Crippen LogP contribution in [0.4, 0.5) is 17.6 Å². The molecule has 0 aromatic heterocycles. The van der Waals surface area contributed by atoms with E-state index in [2.05, 4.69) is 5.73 Å². The normalized spacial score (nSPS) is 13.5. The van der Waals surface area contributed by atoms with E-state index in [1.165, 1.54) is 6.08 Å². The molecule has 2 rings (SSSR count). The molecule has 0 amide bonds. The van der Waals surface area contributed by atoms with Crippen molar-refractivity contribution in [1.29, 1.82) is 0 Å². The summed E-state index contributed by atoms with van der Waals surface area (Å²) in [6.07, 6.45) is -2.20. The van der Waals surface area contributed by atoms with Crippen molar-refractivity contribution < 1.29 is 23.3 Å². The Morgan fingerprint density at radius 2 is 1.58 bits per heavy atom. The minimum atomic E-state index is -4.56. The molecule has 2 aromatic rings. The molecule has 1 unspecified atom stereocenters. The number of benzene rings is 2. The van der Waals surface area contributed by atoms with E-state index in [9.17, 15) is 17.6 Å². The summed E-state index contributed by atoms with van der Waals surface area (Å²) < 4.78 is 53.5. The Morgan fingerprint density at radius 3 is 2.04 bits per heavy atom. The third kappa shape index (κ3) is 4.50. The molecule has 0 bridgehead atoms. The Bertz CT molecular complexity index is 716. The zero-order valence-corrected chi connectivity index (χ0v) is 13.9. The molecule has 24 heavy (non-hydrogen) atoms. The summed E-state index contributed by atoms with van der Waals surface area (Å²) in [4.78, 5) is 0. The summed E-state index contributed by atoms with van der Waals surface area (Å²) in [5.74, 6) is -2.88. The Labute approximate surface area is 146 Å². The predicted octanol–water partition coefficient (Wildman–Crippen LogP) is 5.23. The first kappa shape index (κ1) is 18.8. The maximum atomic E-state index is 13.4. The van der Waals surface area contributed by atoms with Gasteiger partial charge in [0.2, 0.25) is 0 Å². The SMILES string of the molecule is [NH3+]Cc1ccc(C=CC(c2cc(Cl)c(F)c(Cl)c2)C(F)(F)F)cc1. The molecule has 1 nitrogen and oxygen atoms in total. The van der Waals surface area contributed by atoms with E-state index in [1.807, 2.05) is 0 Å². The van der Waals surface area contributed by atoms with Crippen molar-refractivity contribution in [3.05, 3.63) is 75.0 Å². The minimum Gasteiger partial charge on any atom is -0.354 e. The molecule has 0 spiro atoms. The van der Waals surface area contributed by atoms with Crippen LogP contribution in [0.25, 0.3) is 6.08 Å². The largest absolute Gasteiger partial charge is 0.399 e. The third-order valence-corrected chi connectivity index (χ3v) is 4.02. The van der Waals surface area contributed by atoms with Crippen LogP contribution in [0.3, 0.4) is 0 Å². The van der Waals surface area contributed by atoms with E-state index in [4.69, 9.17) is 23.2 Å². The molecule has 0 aliphatic rings. The lowest BCUT2D eigenvalue weighted by Crippen LogP contribution is -2.47. The summed E-state index contributed by atoms with van der Waals surface area (Å²) in [6.45, 7) is 0.599. The quantitative estimate of drug-likeness (QED) is 0.556. The van der Waals surface area contributed by atoms with Crippen molar-refractivity contribution in [2.45, 2.75) is 18.6 Å². The molecule has 0 fully saturated rings. The smallest absolute Gasteiger partial charge is 0.354 e. The Kier molecular flexibility index (Phi) is 5.91. The van der Waals surface area contributed by atoms with Crippen LogP contribution in [0.15, 0.2) is 42.5 Å². The maximum Gasteiger partial charge on any atom is 0.399 e. The van der Waals surface area contributed by atoms with Gasteiger partial charge in [0.25, 0.3) is 0 Å². The van der Waals surface area contributed by atoms with Gasteiger partial charge in [-0.05, 0) is 23.3 Å². The van der Waals surface area contributed by atoms with Gasteiger partial charge in [0.15, 0.2) is 5.82 Å². The van der Waals surface area contributed by atoms with Crippen molar-refractivity contribution in [2.24, 2.45) is 0 Å². The second-order valence-electron chi connectivity index (χ2n) is 5.17. The van der Waals surface area contributed by atoms with Crippen molar-refractivity contribution in [2.75, 3.05) is 0 Å². The number of hydrogen-bond acceptors (Lipinski definition) is 0. The summed E-state index contributed by atoms with van der Waals surface area (Å²) in [6, 6.07) is 8.88. The fraction of sp³-hybridized carbons (Fsp3) is 0.176. The van der Waals surface area contributed by atoms with Gasteiger partial charge in [0, 0.05) is 5.56 Å². The van der Waals surface area contributed by atoms with Gasteiger partial charge in [-0.15, -0.1) is 0 Å². The number of alkyl halides is 3. The molecule has 0 saturated carbocycles. The van der Waals surface area contributed by atoms with Crippen LogP contribution < -0.4 is 5.73 Å². The second kappa shape index (κ2) is 7.55. The highest BCUT2D eigenvalue weighted by Crippen LogP contribution is 2.39. The molecule has 0 radical (unpaired) electrons. The van der Waals surface area contributed by atoms with Gasteiger partial charge in [0.1, 0.15) is 0 Å². The van der Waals surface area contributed by atoms with Gasteiger partial charge in [-0.2, -0.15) is 13.2 Å². The van der Waals surface area contributed by atoms with Gasteiger partial charge < -0.3 is 5.73 Å². The van der Waals surface area contributed by atoms with Gasteiger partial charge >= 0.3 is 6.18 Å². The van der Waals surface area contributed by atoms with E-state index >= 15 is 0 Å². The molecule has 0 saturated heterocycles. The Morgan fingerprint density at radius 1 is 1.04 bits per heavy atom. The number of rotatable bonds is 4. The first-order chi connectivity index (χ1) is 11.2. The van der Waals surface area contributed by atoms with Crippen LogP contribution in [0.2, 0.25) is 10.0 Å². The standard InChI is InChI=1S/C17H13Cl2F4N/c18-14-7-12(8-15(19)16(14)20)13(17(21,22)23)6-5-10-1-3-11(9-24)4-2-10/h1-8,13H,9,24H2/p+1. The molecule has 3 N–H and O–H groups in total. The zero-order valence-electron chi connectivity index (χ0n) is 12.4. The van der Waals surface area contributed by atoms with Gasteiger partial charge in [0.05, 0.1) is 22.5 Å². The molecule has 0 aliphatic carbocycles. The zero-order chi connectivity index (χ0) is 17.9. The molecular weight excluding hydrogens is 365 g/mol. The fourth-order valence-electron chi connectivity index (χ4n) is 2.17. The summed E-state index contributed by atoms with van der Waals surface area (Å²) in [5, 5.41) is -0.889. The average molecular weight is 379 g/mol. The van der Waals surface area contributed by atoms with Crippen molar-refractivity contribution in [1.82, 2.24) is 0 Å². The van der Waals surface area contributed by atoms with Gasteiger partial charge in [-0.3, -0.25) is 0 Å². The molecule has 0 heterocycles. The molecular formula is C17H14Cl2F4N+.